The molecule has 2 aromatic rings. The van der Waals surface area contributed by atoms with E-state index in [9.17, 15) is 12.8 Å². The number of benzene rings is 1. The van der Waals surface area contributed by atoms with Gasteiger partial charge in [0.1, 0.15) is 10.0 Å². The summed E-state index contributed by atoms with van der Waals surface area (Å²) < 4.78 is 39.9. The first-order chi connectivity index (χ1) is 8.90. The number of anilines is 1. The Balaban J connectivity index is 2.41. The number of halogens is 3. The highest BCUT2D eigenvalue weighted by Gasteiger charge is 2.20. The van der Waals surface area contributed by atoms with Crippen molar-refractivity contribution >= 4 is 38.9 Å². The second-order valence-electron chi connectivity index (χ2n) is 3.52. The zero-order valence-electron chi connectivity index (χ0n) is 9.27. The van der Waals surface area contributed by atoms with Gasteiger partial charge in [0.15, 0.2) is 5.82 Å². The second-order valence-corrected chi connectivity index (χ2v) is 5.97. The summed E-state index contributed by atoms with van der Waals surface area (Å²) in [6.45, 7) is 0. The molecule has 0 atom stereocenters. The van der Waals surface area contributed by atoms with E-state index in [0.717, 1.165) is 6.07 Å². The molecule has 2 rings (SSSR count). The normalized spacial score (nSPS) is 11.3. The second kappa shape index (κ2) is 5.32. The summed E-state index contributed by atoms with van der Waals surface area (Å²) in [6.07, 6.45) is 1.33. The van der Waals surface area contributed by atoms with Gasteiger partial charge in [-0.1, -0.05) is 29.3 Å². The Labute approximate surface area is 119 Å². The van der Waals surface area contributed by atoms with Gasteiger partial charge in [0.2, 0.25) is 0 Å². The smallest absolute Gasteiger partial charge is 0.264 e. The zero-order valence-corrected chi connectivity index (χ0v) is 11.6. The van der Waals surface area contributed by atoms with Crippen LogP contribution >= 0.6 is 23.2 Å². The highest BCUT2D eigenvalue weighted by Crippen LogP contribution is 2.24. The molecular weight excluding hydrogens is 314 g/mol. The van der Waals surface area contributed by atoms with E-state index in [1.165, 1.54) is 30.5 Å². The third-order valence-electron chi connectivity index (χ3n) is 2.18. The summed E-state index contributed by atoms with van der Waals surface area (Å²) in [5.41, 5.74) is 0.180. The van der Waals surface area contributed by atoms with Crippen LogP contribution in [0.4, 0.5) is 10.1 Å². The van der Waals surface area contributed by atoms with E-state index in [4.69, 9.17) is 23.2 Å². The molecule has 0 saturated heterocycles. The predicted octanol–water partition coefficient (Wildman–Crippen LogP) is 3.33. The van der Waals surface area contributed by atoms with Gasteiger partial charge in [0.25, 0.3) is 10.0 Å². The average Bonchev–Trinajstić information content (AvgIpc) is 2.32. The summed E-state index contributed by atoms with van der Waals surface area (Å²) in [5, 5.41) is -0.151. The van der Waals surface area contributed by atoms with Crippen LogP contribution in [0.1, 0.15) is 0 Å². The van der Waals surface area contributed by atoms with Crippen molar-refractivity contribution in [2.75, 3.05) is 4.72 Å². The number of sulfonamides is 1. The minimum Gasteiger partial charge on any atom is -0.279 e. The first-order valence-electron chi connectivity index (χ1n) is 4.98. The van der Waals surface area contributed by atoms with Gasteiger partial charge in [-0.05, 0) is 24.3 Å². The Morgan fingerprint density at radius 2 is 1.95 bits per heavy atom. The molecule has 0 radical (unpaired) electrons. The molecule has 0 bridgehead atoms. The van der Waals surface area contributed by atoms with Crippen molar-refractivity contribution in [1.82, 2.24) is 4.98 Å². The lowest BCUT2D eigenvalue weighted by atomic mass is 10.3. The lowest BCUT2D eigenvalue weighted by Gasteiger charge is -2.09. The van der Waals surface area contributed by atoms with Gasteiger partial charge >= 0.3 is 0 Å². The van der Waals surface area contributed by atoms with Crippen molar-refractivity contribution in [3.63, 3.8) is 0 Å². The molecule has 1 aromatic carbocycles. The predicted molar refractivity (Wildman–Crippen MR) is 71.5 cm³/mol. The van der Waals surface area contributed by atoms with Gasteiger partial charge in [0.05, 0.1) is 10.7 Å². The van der Waals surface area contributed by atoms with E-state index >= 15 is 0 Å². The molecule has 0 saturated carbocycles. The lowest BCUT2D eigenvalue weighted by Crippen LogP contribution is -2.14. The molecule has 1 N–H and O–H groups in total. The van der Waals surface area contributed by atoms with E-state index in [-0.39, 0.29) is 15.9 Å². The van der Waals surface area contributed by atoms with Crippen molar-refractivity contribution < 1.29 is 12.8 Å². The standard InChI is InChI=1S/C11H7Cl2FN2O2S/c12-8-2-1-3-9(11(8)14)19(17,18)16-7-4-5-15-10(13)6-7/h1-6H,(H,15,16). The van der Waals surface area contributed by atoms with Crippen LogP contribution in [0.3, 0.4) is 0 Å². The topological polar surface area (TPSA) is 59.1 Å². The van der Waals surface area contributed by atoms with Gasteiger partial charge in [0, 0.05) is 6.20 Å². The third kappa shape index (κ3) is 3.15. The molecule has 0 spiro atoms. The van der Waals surface area contributed by atoms with E-state index in [1.54, 1.807) is 0 Å². The van der Waals surface area contributed by atoms with Gasteiger partial charge < -0.3 is 0 Å². The third-order valence-corrected chi connectivity index (χ3v) is 4.08. The van der Waals surface area contributed by atoms with E-state index in [1.807, 2.05) is 0 Å². The summed E-state index contributed by atoms with van der Waals surface area (Å²) in [6, 6.07) is 6.43. The zero-order chi connectivity index (χ0) is 14.0. The maximum Gasteiger partial charge on any atom is 0.264 e. The van der Waals surface area contributed by atoms with Crippen molar-refractivity contribution in [3.8, 4) is 0 Å². The van der Waals surface area contributed by atoms with Crippen LogP contribution in [0, 0.1) is 5.82 Å². The molecule has 0 aliphatic heterocycles. The van der Waals surface area contributed by atoms with Crippen LogP contribution in [0.2, 0.25) is 10.2 Å². The van der Waals surface area contributed by atoms with Crippen LogP contribution in [-0.2, 0) is 10.0 Å². The molecule has 0 fully saturated rings. The Kier molecular flexibility index (Phi) is 3.93. The van der Waals surface area contributed by atoms with Gasteiger partial charge in [-0.2, -0.15) is 0 Å². The monoisotopic (exact) mass is 320 g/mol. The average molecular weight is 321 g/mol. The molecule has 0 aliphatic rings. The van der Waals surface area contributed by atoms with Gasteiger partial charge in [-0.25, -0.2) is 17.8 Å². The molecule has 100 valence electrons. The first-order valence-corrected chi connectivity index (χ1v) is 7.22. The van der Waals surface area contributed by atoms with Crippen LogP contribution in [0.5, 0.6) is 0 Å². The Morgan fingerprint density at radius 1 is 1.21 bits per heavy atom. The summed E-state index contributed by atoms with van der Waals surface area (Å²) in [5.74, 6) is -1.00. The molecule has 19 heavy (non-hydrogen) atoms. The Morgan fingerprint density at radius 3 is 2.63 bits per heavy atom. The quantitative estimate of drug-likeness (QED) is 0.882. The fourth-order valence-electron chi connectivity index (χ4n) is 1.37. The number of hydrogen-bond acceptors (Lipinski definition) is 3. The van der Waals surface area contributed by atoms with Crippen molar-refractivity contribution in [2.45, 2.75) is 4.90 Å². The van der Waals surface area contributed by atoms with Crippen LogP contribution in [0.15, 0.2) is 41.4 Å². The minimum absolute atomic E-state index is 0.117. The molecule has 0 aliphatic carbocycles. The van der Waals surface area contributed by atoms with Gasteiger partial charge in [-0.3, -0.25) is 4.72 Å². The molecule has 1 aromatic heterocycles. The summed E-state index contributed by atoms with van der Waals surface area (Å²) in [7, 11) is -4.08. The molecule has 4 nitrogen and oxygen atoms in total. The lowest BCUT2D eigenvalue weighted by molar-refractivity contribution is 0.570. The summed E-state index contributed by atoms with van der Waals surface area (Å²) >= 11 is 11.2. The van der Waals surface area contributed by atoms with Gasteiger partial charge in [-0.15, -0.1) is 0 Å². The van der Waals surface area contributed by atoms with E-state index < -0.39 is 20.7 Å². The number of nitrogens with one attached hydrogen (secondary N) is 1. The number of aromatic nitrogens is 1. The Bertz CT molecular complexity index is 722. The molecular formula is C11H7Cl2FN2O2S. The van der Waals surface area contributed by atoms with Crippen molar-refractivity contribution in [2.24, 2.45) is 0 Å². The molecule has 1 heterocycles. The van der Waals surface area contributed by atoms with Crippen molar-refractivity contribution in [3.05, 3.63) is 52.5 Å². The summed E-state index contributed by atoms with van der Waals surface area (Å²) in [4.78, 5) is 3.18. The largest absolute Gasteiger partial charge is 0.279 e. The van der Waals surface area contributed by atoms with Crippen molar-refractivity contribution in [1.29, 1.82) is 0 Å². The highest BCUT2D eigenvalue weighted by molar-refractivity contribution is 7.92. The maximum atomic E-state index is 13.7. The first kappa shape index (κ1) is 14.0. The Hall–Kier alpha value is -1.37. The number of hydrogen-bond donors (Lipinski definition) is 1. The molecule has 0 amide bonds. The number of rotatable bonds is 3. The SMILES string of the molecule is O=S(=O)(Nc1ccnc(Cl)c1)c1cccc(Cl)c1F. The fraction of sp³-hybridized carbons (Fsp3) is 0. The number of pyridine rings is 1. The van der Waals surface area contributed by atoms with Crippen LogP contribution in [0.25, 0.3) is 0 Å². The molecule has 0 unspecified atom stereocenters. The van der Waals surface area contributed by atoms with E-state index in [2.05, 4.69) is 9.71 Å². The van der Waals surface area contributed by atoms with Crippen LogP contribution in [-0.4, -0.2) is 13.4 Å². The van der Waals surface area contributed by atoms with E-state index in [0.29, 0.717) is 0 Å². The fourth-order valence-corrected chi connectivity index (χ4v) is 2.92. The molecule has 8 heteroatoms. The number of nitrogens with zero attached hydrogens (tertiary/aromatic N) is 1. The van der Waals surface area contributed by atoms with Crippen LogP contribution < -0.4 is 4.72 Å². The minimum atomic E-state index is -4.08. The highest BCUT2D eigenvalue weighted by atomic mass is 35.5. The maximum absolute atomic E-state index is 13.7.